The van der Waals surface area contributed by atoms with Gasteiger partial charge < -0.3 is 19.7 Å². The molecular weight excluding hydrogens is 542 g/mol. The minimum absolute atomic E-state index is 0.0576. The summed E-state index contributed by atoms with van der Waals surface area (Å²) in [5.74, 6) is 0.598. The van der Waals surface area contributed by atoms with Gasteiger partial charge in [0.1, 0.15) is 19.3 Å². The summed E-state index contributed by atoms with van der Waals surface area (Å²) < 4.78 is 37.7. The number of nitrogens with one attached hydrogen (secondary N) is 1. The summed E-state index contributed by atoms with van der Waals surface area (Å²) in [6.45, 7) is 2.81. The van der Waals surface area contributed by atoms with E-state index in [0.717, 1.165) is 37.5 Å². The molecule has 1 aliphatic carbocycles. The lowest BCUT2D eigenvalue weighted by Crippen LogP contribution is -2.49. The maximum atomic E-state index is 13.5. The molecule has 2 amide bonds. The van der Waals surface area contributed by atoms with Gasteiger partial charge in [0.25, 0.3) is 0 Å². The van der Waals surface area contributed by atoms with Gasteiger partial charge in [0, 0.05) is 36.6 Å². The number of sulfonamides is 1. The molecule has 9 nitrogen and oxygen atoms in total. The Morgan fingerprint density at radius 1 is 1.08 bits per heavy atom. The van der Waals surface area contributed by atoms with Crippen LogP contribution in [0.5, 0.6) is 11.5 Å². The summed E-state index contributed by atoms with van der Waals surface area (Å²) in [6, 6.07) is 11.6. The number of fused-ring (bicyclic) bond motifs is 1. The molecule has 2 aromatic carbocycles. The molecule has 39 heavy (non-hydrogen) atoms. The Kier molecular flexibility index (Phi) is 9.61. The topological polar surface area (TPSA) is 105 Å². The van der Waals surface area contributed by atoms with Crippen LogP contribution in [-0.4, -0.2) is 63.2 Å². The number of anilines is 1. The molecule has 4 rings (SSSR count). The standard InChI is InChI=1S/C28H36ClN3O6S/c1-20(28(34)30-22-9-4-5-10-22)31(19-21-8-3-6-11-24(21)29)27(33)12-7-15-32(39(2,35)36)23-13-14-25-26(18-23)38-17-16-37-25/h3,6,8,11,13-14,18,20,22H,4-5,7,9-10,12,15-17,19H2,1-2H3,(H,30,34). The third kappa shape index (κ3) is 7.57. The molecule has 2 aromatic rings. The van der Waals surface area contributed by atoms with Crippen LogP contribution in [0.15, 0.2) is 42.5 Å². The number of benzene rings is 2. The first-order chi connectivity index (χ1) is 18.6. The molecule has 11 heteroatoms. The van der Waals surface area contributed by atoms with Crippen molar-refractivity contribution in [3.63, 3.8) is 0 Å². The largest absolute Gasteiger partial charge is 0.486 e. The predicted octanol–water partition coefficient (Wildman–Crippen LogP) is 4.13. The molecule has 1 heterocycles. The van der Waals surface area contributed by atoms with E-state index in [4.69, 9.17) is 21.1 Å². The van der Waals surface area contributed by atoms with Crippen molar-refractivity contribution in [2.24, 2.45) is 0 Å². The molecule has 0 radical (unpaired) electrons. The molecule has 212 valence electrons. The van der Waals surface area contributed by atoms with Crippen LogP contribution in [0.3, 0.4) is 0 Å². The molecule has 1 aliphatic heterocycles. The summed E-state index contributed by atoms with van der Waals surface area (Å²) in [5.41, 5.74) is 1.17. The third-order valence-electron chi connectivity index (χ3n) is 7.13. The van der Waals surface area contributed by atoms with Crippen molar-refractivity contribution in [3.05, 3.63) is 53.1 Å². The van der Waals surface area contributed by atoms with E-state index >= 15 is 0 Å². The van der Waals surface area contributed by atoms with E-state index in [1.165, 1.54) is 9.21 Å². The Bertz CT molecular complexity index is 1280. The highest BCUT2D eigenvalue weighted by Crippen LogP contribution is 2.35. The average molecular weight is 578 g/mol. The van der Waals surface area contributed by atoms with Crippen molar-refractivity contribution >= 4 is 39.1 Å². The Labute approximate surface area is 235 Å². The zero-order chi connectivity index (χ0) is 28.0. The van der Waals surface area contributed by atoms with E-state index in [-0.39, 0.29) is 43.8 Å². The highest BCUT2D eigenvalue weighted by Gasteiger charge is 2.29. The van der Waals surface area contributed by atoms with E-state index in [2.05, 4.69) is 5.32 Å². The number of amides is 2. The molecule has 0 aromatic heterocycles. The monoisotopic (exact) mass is 577 g/mol. The zero-order valence-electron chi connectivity index (χ0n) is 22.4. The van der Waals surface area contributed by atoms with Gasteiger partial charge in [-0.2, -0.15) is 0 Å². The highest BCUT2D eigenvalue weighted by atomic mass is 35.5. The molecule has 1 unspecified atom stereocenters. The first-order valence-electron chi connectivity index (χ1n) is 13.3. The third-order valence-corrected chi connectivity index (χ3v) is 8.70. The molecule has 0 saturated heterocycles. The fraction of sp³-hybridized carbons (Fsp3) is 0.500. The Morgan fingerprint density at radius 3 is 2.46 bits per heavy atom. The van der Waals surface area contributed by atoms with Crippen molar-refractivity contribution in [1.82, 2.24) is 10.2 Å². The van der Waals surface area contributed by atoms with Crippen LogP contribution in [0.4, 0.5) is 5.69 Å². The molecule has 1 saturated carbocycles. The van der Waals surface area contributed by atoms with Gasteiger partial charge in [-0.25, -0.2) is 8.42 Å². The normalized spacial score (nSPS) is 16.0. The number of ether oxygens (including phenoxy) is 2. The molecule has 0 spiro atoms. The first-order valence-corrected chi connectivity index (χ1v) is 15.6. The van der Waals surface area contributed by atoms with Gasteiger partial charge in [-0.05, 0) is 49.9 Å². The molecule has 0 bridgehead atoms. The van der Waals surface area contributed by atoms with Crippen molar-refractivity contribution in [3.8, 4) is 11.5 Å². The lowest BCUT2D eigenvalue weighted by molar-refractivity contribution is -0.140. The smallest absolute Gasteiger partial charge is 0.242 e. The number of carbonyl (C=O) groups is 2. The summed E-state index contributed by atoms with van der Waals surface area (Å²) in [7, 11) is -3.63. The van der Waals surface area contributed by atoms with Crippen molar-refractivity contribution < 1.29 is 27.5 Å². The number of rotatable bonds is 11. The number of hydrogen-bond acceptors (Lipinski definition) is 6. The van der Waals surface area contributed by atoms with Gasteiger partial charge in [0.2, 0.25) is 21.8 Å². The summed E-state index contributed by atoms with van der Waals surface area (Å²) >= 11 is 6.38. The maximum absolute atomic E-state index is 13.5. The number of halogens is 1. The lowest BCUT2D eigenvalue weighted by Gasteiger charge is -2.30. The van der Waals surface area contributed by atoms with E-state index in [0.29, 0.717) is 35.4 Å². The predicted molar refractivity (Wildman–Crippen MR) is 151 cm³/mol. The van der Waals surface area contributed by atoms with Crippen LogP contribution in [0.1, 0.15) is 51.0 Å². The molecule has 1 fully saturated rings. The highest BCUT2D eigenvalue weighted by molar-refractivity contribution is 7.92. The second-order valence-corrected chi connectivity index (χ2v) is 12.4. The Hall–Kier alpha value is -2.98. The summed E-state index contributed by atoms with van der Waals surface area (Å²) in [4.78, 5) is 28.1. The van der Waals surface area contributed by atoms with Crippen molar-refractivity contribution in [2.75, 3.05) is 30.3 Å². The van der Waals surface area contributed by atoms with Gasteiger partial charge in [-0.1, -0.05) is 42.6 Å². The van der Waals surface area contributed by atoms with Crippen molar-refractivity contribution in [2.45, 2.75) is 64.1 Å². The van der Waals surface area contributed by atoms with E-state index in [9.17, 15) is 18.0 Å². The summed E-state index contributed by atoms with van der Waals surface area (Å²) in [6.07, 6.45) is 5.50. The minimum atomic E-state index is -3.63. The van der Waals surface area contributed by atoms with Gasteiger partial charge >= 0.3 is 0 Å². The Balaban J connectivity index is 1.46. The van der Waals surface area contributed by atoms with E-state index in [1.807, 2.05) is 18.2 Å². The number of hydrogen-bond donors (Lipinski definition) is 1. The second-order valence-electron chi connectivity index (χ2n) is 10.0. The quantitative estimate of drug-likeness (QED) is 0.430. The van der Waals surface area contributed by atoms with Gasteiger partial charge in [0.05, 0.1) is 11.9 Å². The SMILES string of the molecule is CC(C(=O)NC1CCCC1)N(Cc1ccccc1Cl)C(=O)CCCN(c1ccc2c(c1)OCCO2)S(C)(=O)=O. The number of carbonyl (C=O) groups excluding carboxylic acids is 2. The zero-order valence-corrected chi connectivity index (χ0v) is 24.0. The fourth-order valence-electron chi connectivity index (χ4n) is 4.98. The average Bonchev–Trinajstić information content (AvgIpc) is 3.42. The van der Waals surface area contributed by atoms with Crippen LogP contribution >= 0.6 is 11.6 Å². The lowest BCUT2D eigenvalue weighted by atomic mass is 10.1. The van der Waals surface area contributed by atoms with E-state index < -0.39 is 16.1 Å². The van der Waals surface area contributed by atoms with Crippen LogP contribution in [0.25, 0.3) is 0 Å². The Morgan fingerprint density at radius 2 is 1.77 bits per heavy atom. The second kappa shape index (κ2) is 12.9. The molecular formula is C28H36ClN3O6S. The fourth-order valence-corrected chi connectivity index (χ4v) is 6.13. The summed E-state index contributed by atoms with van der Waals surface area (Å²) in [5, 5.41) is 3.59. The maximum Gasteiger partial charge on any atom is 0.242 e. The molecule has 2 aliphatic rings. The molecule has 1 N–H and O–H groups in total. The molecule has 1 atom stereocenters. The van der Waals surface area contributed by atoms with Gasteiger partial charge in [0.15, 0.2) is 11.5 Å². The van der Waals surface area contributed by atoms with Crippen LogP contribution in [0, 0.1) is 0 Å². The van der Waals surface area contributed by atoms with Crippen LogP contribution in [0.2, 0.25) is 5.02 Å². The van der Waals surface area contributed by atoms with Gasteiger partial charge in [-0.15, -0.1) is 0 Å². The first kappa shape index (κ1) is 29.0. The van der Waals surface area contributed by atoms with Crippen LogP contribution < -0.4 is 19.1 Å². The van der Waals surface area contributed by atoms with Crippen LogP contribution in [-0.2, 0) is 26.2 Å². The minimum Gasteiger partial charge on any atom is -0.486 e. The van der Waals surface area contributed by atoms with Gasteiger partial charge in [-0.3, -0.25) is 13.9 Å². The van der Waals surface area contributed by atoms with E-state index in [1.54, 1.807) is 31.2 Å². The number of nitrogens with zero attached hydrogens (tertiary/aromatic N) is 2. The van der Waals surface area contributed by atoms with Crippen molar-refractivity contribution in [1.29, 1.82) is 0 Å².